The van der Waals surface area contributed by atoms with Crippen LogP contribution in [-0.2, 0) is 5.75 Å². The molecule has 0 aliphatic carbocycles. The van der Waals surface area contributed by atoms with Crippen molar-refractivity contribution in [3.8, 4) is 0 Å². The topological polar surface area (TPSA) is 37.8 Å². The van der Waals surface area contributed by atoms with Gasteiger partial charge >= 0.3 is 0 Å². The summed E-state index contributed by atoms with van der Waals surface area (Å²) in [5, 5.41) is 7.94. The largest absolute Gasteiger partial charge is 0.377 e. The fraction of sp³-hybridized carbons (Fsp3) is 0.200. The number of aromatic nitrogens is 2. The van der Waals surface area contributed by atoms with E-state index in [2.05, 4.69) is 14.9 Å². The maximum Gasteiger partial charge on any atom is 0.136 e. The van der Waals surface area contributed by atoms with E-state index in [1.807, 2.05) is 13.1 Å². The van der Waals surface area contributed by atoms with E-state index in [0.29, 0.717) is 10.6 Å². The van der Waals surface area contributed by atoms with Crippen LogP contribution in [0, 0.1) is 5.82 Å². The third-order valence-electron chi connectivity index (χ3n) is 1.98. The summed E-state index contributed by atoms with van der Waals surface area (Å²) < 4.78 is 17.2. The van der Waals surface area contributed by atoms with Gasteiger partial charge < -0.3 is 5.32 Å². The Kier molecular flexibility index (Phi) is 3.74. The highest BCUT2D eigenvalue weighted by Crippen LogP contribution is 2.28. The third-order valence-corrected chi connectivity index (χ3v) is 3.83. The lowest BCUT2D eigenvalue weighted by Crippen LogP contribution is -1.91. The van der Waals surface area contributed by atoms with Crippen LogP contribution in [0.3, 0.4) is 0 Å². The van der Waals surface area contributed by atoms with Crippen LogP contribution in [0.5, 0.6) is 0 Å². The minimum atomic E-state index is -0.193. The summed E-state index contributed by atoms with van der Waals surface area (Å²) in [7, 11) is 1.83. The highest BCUT2D eigenvalue weighted by atomic mass is 32.2. The minimum absolute atomic E-state index is 0.193. The molecule has 0 radical (unpaired) electrons. The summed E-state index contributed by atoms with van der Waals surface area (Å²) in [5.41, 5.74) is 0.862. The second-order valence-electron chi connectivity index (χ2n) is 3.02. The minimum Gasteiger partial charge on any atom is -0.377 e. The van der Waals surface area contributed by atoms with Gasteiger partial charge in [-0.25, -0.2) is 4.39 Å². The smallest absolute Gasteiger partial charge is 0.136 e. The summed E-state index contributed by atoms with van der Waals surface area (Å²) in [4.78, 5) is 0.637. The van der Waals surface area contributed by atoms with E-state index in [1.54, 1.807) is 12.1 Å². The van der Waals surface area contributed by atoms with E-state index >= 15 is 0 Å². The molecule has 0 atom stereocenters. The zero-order valence-electron chi connectivity index (χ0n) is 8.61. The lowest BCUT2D eigenvalue weighted by atomic mass is 10.3. The van der Waals surface area contributed by atoms with E-state index < -0.39 is 0 Å². The maximum absolute atomic E-state index is 13.3. The van der Waals surface area contributed by atoms with Gasteiger partial charge in [-0.15, -0.1) is 16.9 Å². The average Bonchev–Trinajstić information content (AvgIpc) is 2.75. The predicted octanol–water partition coefficient (Wildman–Crippen LogP) is 3.01. The van der Waals surface area contributed by atoms with E-state index in [0.717, 1.165) is 10.7 Å². The lowest BCUT2D eigenvalue weighted by Gasteiger charge is -2.02. The molecular weight excluding hydrogens is 245 g/mol. The summed E-state index contributed by atoms with van der Waals surface area (Å²) in [6.45, 7) is 0. The highest BCUT2D eigenvalue weighted by molar-refractivity contribution is 7.98. The van der Waals surface area contributed by atoms with Crippen LogP contribution in [0.15, 0.2) is 29.2 Å². The second-order valence-corrected chi connectivity index (χ2v) is 4.79. The standard InChI is InChI=1S/C10H10FN3S2/c1-12-10-8(13-14-16-10)6-15-9-5-3-2-4-7(9)11/h2-5,12H,6H2,1H3. The highest BCUT2D eigenvalue weighted by Gasteiger charge is 2.08. The van der Waals surface area contributed by atoms with Gasteiger partial charge in [0, 0.05) is 29.2 Å². The molecule has 2 aromatic rings. The fourth-order valence-corrected chi connectivity index (χ4v) is 2.70. The molecule has 2 rings (SSSR count). The van der Waals surface area contributed by atoms with Crippen LogP contribution < -0.4 is 5.32 Å². The van der Waals surface area contributed by atoms with Gasteiger partial charge in [-0.1, -0.05) is 16.6 Å². The molecule has 0 saturated carbocycles. The first-order chi connectivity index (χ1) is 7.81. The third kappa shape index (κ3) is 2.51. The lowest BCUT2D eigenvalue weighted by molar-refractivity contribution is 0.602. The first kappa shape index (κ1) is 11.3. The summed E-state index contributed by atoms with van der Waals surface area (Å²) >= 11 is 2.73. The molecule has 16 heavy (non-hydrogen) atoms. The Balaban J connectivity index is 2.05. The zero-order chi connectivity index (χ0) is 11.4. The van der Waals surface area contributed by atoms with Gasteiger partial charge in [-0.3, -0.25) is 0 Å². The molecule has 6 heteroatoms. The van der Waals surface area contributed by atoms with E-state index in [4.69, 9.17) is 0 Å². The first-order valence-electron chi connectivity index (χ1n) is 4.67. The second kappa shape index (κ2) is 5.27. The van der Waals surface area contributed by atoms with Crippen molar-refractivity contribution in [3.63, 3.8) is 0 Å². The molecule has 0 aliphatic heterocycles. The van der Waals surface area contributed by atoms with Crippen LogP contribution in [0.2, 0.25) is 0 Å². The molecule has 0 amide bonds. The van der Waals surface area contributed by atoms with Crippen LogP contribution in [0.25, 0.3) is 0 Å². The van der Waals surface area contributed by atoms with Gasteiger partial charge in [0.15, 0.2) is 0 Å². The van der Waals surface area contributed by atoms with Crippen molar-refractivity contribution in [3.05, 3.63) is 35.8 Å². The van der Waals surface area contributed by atoms with Crippen LogP contribution >= 0.6 is 23.3 Å². The Morgan fingerprint density at radius 1 is 1.44 bits per heavy atom. The number of halogens is 1. The number of hydrogen-bond acceptors (Lipinski definition) is 5. The van der Waals surface area contributed by atoms with Gasteiger partial charge in [0.05, 0.1) is 0 Å². The van der Waals surface area contributed by atoms with Gasteiger partial charge in [0.2, 0.25) is 0 Å². The average molecular weight is 255 g/mol. The SMILES string of the molecule is CNc1snnc1CSc1ccccc1F. The van der Waals surface area contributed by atoms with E-state index in [9.17, 15) is 4.39 Å². The summed E-state index contributed by atoms with van der Waals surface area (Å²) in [6.07, 6.45) is 0. The van der Waals surface area contributed by atoms with Gasteiger partial charge in [0.25, 0.3) is 0 Å². The van der Waals surface area contributed by atoms with Crippen LogP contribution in [-0.4, -0.2) is 16.6 Å². The Morgan fingerprint density at radius 3 is 3.00 bits per heavy atom. The van der Waals surface area contributed by atoms with Crippen LogP contribution in [0.1, 0.15) is 5.69 Å². The number of rotatable bonds is 4. The number of nitrogens with one attached hydrogen (secondary N) is 1. The van der Waals surface area contributed by atoms with E-state index in [1.165, 1.54) is 29.4 Å². The van der Waals surface area contributed by atoms with E-state index in [-0.39, 0.29) is 5.82 Å². The van der Waals surface area contributed by atoms with Crippen molar-refractivity contribution in [2.45, 2.75) is 10.6 Å². The fourth-order valence-electron chi connectivity index (χ4n) is 1.20. The van der Waals surface area contributed by atoms with Crippen molar-refractivity contribution < 1.29 is 4.39 Å². The van der Waals surface area contributed by atoms with Gasteiger partial charge in [0.1, 0.15) is 16.5 Å². The molecule has 0 spiro atoms. The van der Waals surface area contributed by atoms with Gasteiger partial charge in [-0.05, 0) is 12.1 Å². The molecular formula is C10H10FN3S2. The van der Waals surface area contributed by atoms with Crippen molar-refractivity contribution in [1.29, 1.82) is 0 Å². The molecule has 1 aromatic carbocycles. The molecule has 0 fully saturated rings. The molecule has 0 aliphatic rings. The number of thioether (sulfide) groups is 1. The Bertz CT molecular complexity index is 473. The molecule has 3 nitrogen and oxygen atoms in total. The molecule has 0 bridgehead atoms. The van der Waals surface area contributed by atoms with Crippen molar-refractivity contribution in [2.24, 2.45) is 0 Å². The Labute approximate surface area is 101 Å². The number of nitrogens with zero attached hydrogens (tertiary/aromatic N) is 2. The number of anilines is 1. The molecule has 1 heterocycles. The molecule has 1 N–H and O–H groups in total. The summed E-state index contributed by atoms with van der Waals surface area (Å²) in [5.74, 6) is 0.426. The molecule has 0 unspecified atom stereocenters. The molecule has 84 valence electrons. The quantitative estimate of drug-likeness (QED) is 0.852. The Hall–Kier alpha value is -1.14. The maximum atomic E-state index is 13.3. The first-order valence-corrected chi connectivity index (χ1v) is 6.43. The number of hydrogen-bond donors (Lipinski definition) is 1. The zero-order valence-corrected chi connectivity index (χ0v) is 10.2. The monoisotopic (exact) mass is 255 g/mol. The molecule has 1 aromatic heterocycles. The van der Waals surface area contributed by atoms with Crippen molar-refractivity contribution >= 4 is 28.3 Å². The predicted molar refractivity (Wildman–Crippen MR) is 65.4 cm³/mol. The van der Waals surface area contributed by atoms with Gasteiger partial charge in [-0.2, -0.15) is 0 Å². The molecule has 0 saturated heterocycles. The Morgan fingerprint density at radius 2 is 2.25 bits per heavy atom. The van der Waals surface area contributed by atoms with Crippen molar-refractivity contribution in [1.82, 2.24) is 9.59 Å². The normalized spacial score (nSPS) is 10.4. The van der Waals surface area contributed by atoms with Crippen LogP contribution in [0.4, 0.5) is 9.39 Å². The summed E-state index contributed by atoms with van der Waals surface area (Å²) in [6, 6.07) is 6.73. The van der Waals surface area contributed by atoms with Crippen molar-refractivity contribution in [2.75, 3.05) is 12.4 Å². The number of benzene rings is 1.